The summed E-state index contributed by atoms with van der Waals surface area (Å²) in [4.78, 5) is 29.9. The zero-order valence-corrected chi connectivity index (χ0v) is 13.5. The Labute approximate surface area is 130 Å². The predicted octanol–water partition coefficient (Wildman–Crippen LogP) is 1.21. The Balaban J connectivity index is 2.15. The SMILES string of the molecule is CCc1c(C)nc(NC(=O)NS(=O)(=O)c2cccs2)[nH]c1=O. The minimum absolute atomic E-state index is 0.0154. The van der Waals surface area contributed by atoms with Crippen molar-refractivity contribution in [3.8, 4) is 0 Å². The third-order valence-corrected chi connectivity index (χ3v) is 5.52. The van der Waals surface area contributed by atoms with Gasteiger partial charge in [-0.25, -0.2) is 22.9 Å². The molecule has 3 N–H and O–H groups in total. The van der Waals surface area contributed by atoms with Gasteiger partial charge in [0.05, 0.1) is 0 Å². The van der Waals surface area contributed by atoms with E-state index in [4.69, 9.17) is 0 Å². The van der Waals surface area contributed by atoms with Gasteiger partial charge in [0.2, 0.25) is 5.95 Å². The Morgan fingerprint density at radius 2 is 2.18 bits per heavy atom. The molecule has 10 heteroatoms. The Morgan fingerprint density at radius 3 is 2.73 bits per heavy atom. The number of aromatic nitrogens is 2. The molecule has 2 aromatic rings. The van der Waals surface area contributed by atoms with Crippen molar-refractivity contribution in [2.24, 2.45) is 0 Å². The fourth-order valence-corrected chi connectivity index (χ4v) is 3.71. The maximum Gasteiger partial charge on any atom is 0.335 e. The molecule has 2 heterocycles. The molecular formula is C12H14N4O4S2. The molecule has 0 bridgehead atoms. The molecule has 0 saturated carbocycles. The van der Waals surface area contributed by atoms with Crippen LogP contribution >= 0.6 is 11.3 Å². The molecule has 8 nitrogen and oxygen atoms in total. The highest BCUT2D eigenvalue weighted by Crippen LogP contribution is 2.15. The van der Waals surface area contributed by atoms with E-state index in [1.54, 1.807) is 18.4 Å². The van der Waals surface area contributed by atoms with Crippen LogP contribution in [0.1, 0.15) is 18.2 Å². The molecule has 0 spiro atoms. The monoisotopic (exact) mass is 342 g/mol. The second kappa shape index (κ2) is 6.28. The fraction of sp³-hybridized carbons (Fsp3) is 0.250. The van der Waals surface area contributed by atoms with Crippen LogP contribution in [0.4, 0.5) is 10.7 Å². The Kier molecular flexibility index (Phi) is 4.62. The molecule has 22 heavy (non-hydrogen) atoms. The van der Waals surface area contributed by atoms with Gasteiger partial charge in [-0.05, 0) is 24.8 Å². The van der Waals surface area contributed by atoms with Gasteiger partial charge < -0.3 is 0 Å². The summed E-state index contributed by atoms with van der Waals surface area (Å²) in [6.07, 6.45) is 0.507. The van der Waals surface area contributed by atoms with E-state index in [1.807, 2.05) is 11.6 Å². The summed E-state index contributed by atoms with van der Waals surface area (Å²) in [6, 6.07) is 1.93. The molecule has 0 saturated heterocycles. The fourth-order valence-electron chi connectivity index (χ4n) is 1.81. The molecule has 2 rings (SSSR count). The van der Waals surface area contributed by atoms with Crippen molar-refractivity contribution < 1.29 is 13.2 Å². The maximum absolute atomic E-state index is 11.9. The topological polar surface area (TPSA) is 121 Å². The molecule has 0 radical (unpaired) electrons. The lowest BCUT2D eigenvalue weighted by atomic mass is 10.2. The van der Waals surface area contributed by atoms with Crippen LogP contribution in [-0.2, 0) is 16.4 Å². The molecular weight excluding hydrogens is 328 g/mol. The molecule has 0 aromatic carbocycles. The number of thiophene rings is 1. The van der Waals surface area contributed by atoms with Crippen molar-refractivity contribution in [3.63, 3.8) is 0 Å². The number of anilines is 1. The summed E-state index contributed by atoms with van der Waals surface area (Å²) >= 11 is 0.984. The average Bonchev–Trinajstić information content (AvgIpc) is 2.91. The van der Waals surface area contributed by atoms with Crippen LogP contribution in [-0.4, -0.2) is 24.4 Å². The summed E-state index contributed by atoms with van der Waals surface area (Å²) in [5, 5.41) is 3.78. The summed E-state index contributed by atoms with van der Waals surface area (Å²) in [5.74, 6) is -0.112. The van der Waals surface area contributed by atoms with Gasteiger partial charge in [0.25, 0.3) is 15.6 Å². The summed E-state index contributed by atoms with van der Waals surface area (Å²) in [6.45, 7) is 3.45. The van der Waals surface area contributed by atoms with Crippen molar-refractivity contribution in [3.05, 3.63) is 39.1 Å². The van der Waals surface area contributed by atoms with E-state index in [1.165, 1.54) is 6.07 Å². The first-order chi connectivity index (χ1) is 10.3. The zero-order valence-electron chi connectivity index (χ0n) is 11.8. The normalized spacial score (nSPS) is 11.2. The Morgan fingerprint density at radius 1 is 1.45 bits per heavy atom. The van der Waals surface area contributed by atoms with Crippen LogP contribution in [0.15, 0.2) is 26.5 Å². The maximum atomic E-state index is 11.9. The van der Waals surface area contributed by atoms with Gasteiger partial charge in [-0.1, -0.05) is 13.0 Å². The molecule has 2 amide bonds. The van der Waals surface area contributed by atoms with E-state index in [0.29, 0.717) is 17.7 Å². The van der Waals surface area contributed by atoms with Crippen molar-refractivity contribution in [1.82, 2.24) is 14.7 Å². The van der Waals surface area contributed by atoms with Crippen molar-refractivity contribution in [2.75, 3.05) is 5.32 Å². The van der Waals surface area contributed by atoms with Crippen LogP contribution in [0.3, 0.4) is 0 Å². The first-order valence-electron chi connectivity index (χ1n) is 6.30. The molecule has 0 atom stereocenters. The molecule has 0 unspecified atom stereocenters. The summed E-state index contributed by atoms with van der Waals surface area (Å²) in [7, 11) is -3.93. The van der Waals surface area contributed by atoms with Gasteiger partial charge >= 0.3 is 6.03 Å². The standard InChI is InChI=1S/C12H14N4O4S2/c1-3-8-7(2)13-11(14-10(8)17)15-12(18)16-22(19,20)9-5-4-6-21-9/h4-6H,3H2,1-2H3,(H3,13,14,15,16,17,18). The first-order valence-corrected chi connectivity index (χ1v) is 8.67. The van der Waals surface area contributed by atoms with Crippen LogP contribution in [0.25, 0.3) is 0 Å². The highest BCUT2D eigenvalue weighted by Gasteiger charge is 2.19. The quantitative estimate of drug-likeness (QED) is 0.771. The minimum atomic E-state index is -3.93. The van der Waals surface area contributed by atoms with Gasteiger partial charge in [0.1, 0.15) is 4.21 Å². The van der Waals surface area contributed by atoms with E-state index in [-0.39, 0.29) is 15.7 Å². The van der Waals surface area contributed by atoms with E-state index >= 15 is 0 Å². The number of H-pyrrole nitrogens is 1. The molecule has 0 aliphatic carbocycles. The number of aromatic amines is 1. The number of amides is 2. The van der Waals surface area contributed by atoms with Crippen molar-refractivity contribution in [2.45, 2.75) is 24.5 Å². The van der Waals surface area contributed by atoms with Crippen molar-refractivity contribution in [1.29, 1.82) is 0 Å². The number of nitrogens with zero attached hydrogens (tertiary/aromatic N) is 1. The number of hydrogen-bond acceptors (Lipinski definition) is 6. The number of sulfonamides is 1. The number of rotatable bonds is 4. The molecule has 2 aromatic heterocycles. The highest BCUT2D eigenvalue weighted by atomic mass is 32.2. The smallest absolute Gasteiger partial charge is 0.292 e. The van der Waals surface area contributed by atoms with Crippen molar-refractivity contribution >= 4 is 33.3 Å². The number of carbonyl (C=O) groups excluding carboxylic acids is 1. The number of nitrogens with one attached hydrogen (secondary N) is 3. The average molecular weight is 342 g/mol. The van der Waals surface area contributed by atoms with E-state index in [0.717, 1.165) is 11.3 Å². The largest absolute Gasteiger partial charge is 0.335 e. The molecule has 0 aliphatic heterocycles. The Hall–Kier alpha value is -2.20. The van der Waals surface area contributed by atoms with Gasteiger partial charge in [-0.3, -0.25) is 15.1 Å². The predicted molar refractivity (Wildman–Crippen MR) is 82.6 cm³/mol. The number of hydrogen-bond donors (Lipinski definition) is 3. The van der Waals surface area contributed by atoms with Crippen LogP contribution in [0, 0.1) is 6.92 Å². The number of carbonyl (C=O) groups is 1. The van der Waals surface area contributed by atoms with Gasteiger partial charge in [0.15, 0.2) is 0 Å². The van der Waals surface area contributed by atoms with Crippen LogP contribution in [0.5, 0.6) is 0 Å². The second-order valence-corrected chi connectivity index (χ2v) is 7.18. The van der Waals surface area contributed by atoms with Crippen LogP contribution in [0.2, 0.25) is 0 Å². The molecule has 0 aliphatic rings. The van der Waals surface area contributed by atoms with Crippen LogP contribution < -0.4 is 15.6 Å². The van der Waals surface area contributed by atoms with E-state index in [2.05, 4.69) is 15.3 Å². The third-order valence-electron chi connectivity index (χ3n) is 2.79. The van der Waals surface area contributed by atoms with Gasteiger partial charge in [-0.15, -0.1) is 11.3 Å². The molecule has 0 fully saturated rings. The Bertz CT molecular complexity index is 841. The minimum Gasteiger partial charge on any atom is -0.292 e. The lowest BCUT2D eigenvalue weighted by Crippen LogP contribution is -2.35. The lowest BCUT2D eigenvalue weighted by Gasteiger charge is -2.08. The summed E-state index contributed by atoms with van der Waals surface area (Å²) < 4.78 is 25.6. The highest BCUT2D eigenvalue weighted by molar-refractivity contribution is 7.92. The van der Waals surface area contributed by atoms with Gasteiger partial charge in [-0.2, -0.15) is 0 Å². The lowest BCUT2D eigenvalue weighted by molar-refractivity contribution is 0.256. The molecule has 118 valence electrons. The second-order valence-electron chi connectivity index (χ2n) is 4.32. The van der Waals surface area contributed by atoms with E-state index < -0.39 is 16.1 Å². The van der Waals surface area contributed by atoms with E-state index in [9.17, 15) is 18.0 Å². The number of urea groups is 1. The first kappa shape index (κ1) is 16.2. The van der Waals surface area contributed by atoms with Gasteiger partial charge in [0, 0.05) is 11.3 Å². The summed E-state index contributed by atoms with van der Waals surface area (Å²) in [5.41, 5.74) is 0.617. The number of aryl methyl sites for hydroxylation is 1. The third kappa shape index (κ3) is 3.52. The zero-order chi connectivity index (χ0) is 16.3.